The van der Waals surface area contributed by atoms with Crippen molar-refractivity contribution >= 4 is 40.2 Å². The third-order valence-electron chi connectivity index (χ3n) is 5.34. The summed E-state index contributed by atoms with van der Waals surface area (Å²) in [6, 6.07) is 5.60. The van der Waals surface area contributed by atoms with Gasteiger partial charge in [-0.1, -0.05) is 11.6 Å². The molecule has 3 heterocycles. The van der Waals surface area contributed by atoms with Crippen LogP contribution in [0.5, 0.6) is 5.75 Å². The van der Waals surface area contributed by atoms with Crippen LogP contribution in [0.2, 0.25) is 5.02 Å². The fraction of sp³-hybridized carbons (Fsp3) is 0.350. The van der Waals surface area contributed by atoms with Gasteiger partial charge >= 0.3 is 0 Å². The zero-order chi connectivity index (χ0) is 19.4. The molecule has 1 aliphatic carbocycles. The zero-order valence-electron chi connectivity index (χ0n) is 15.7. The van der Waals surface area contributed by atoms with Crippen LogP contribution in [0.4, 0.5) is 17.1 Å². The Morgan fingerprint density at radius 3 is 2.89 bits per heavy atom. The number of fused-ring (bicyclic) bond motifs is 2. The number of aryl methyl sites for hydroxylation is 1. The third kappa shape index (κ3) is 2.96. The van der Waals surface area contributed by atoms with Crippen molar-refractivity contribution in [3.05, 3.63) is 40.8 Å². The number of pyridine rings is 1. The molecule has 2 aliphatic rings. The van der Waals surface area contributed by atoms with Gasteiger partial charge in [0.15, 0.2) is 12.3 Å². The maximum absolute atomic E-state index is 11.8. The second-order valence-corrected chi connectivity index (χ2v) is 7.94. The fourth-order valence-corrected chi connectivity index (χ4v) is 3.74. The van der Waals surface area contributed by atoms with Crippen molar-refractivity contribution in [3.8, 4) is 5.75 Å². The van der Waals surface area contributed by atoms with E-state index in [-0.39, 0.29) is 12.5 Å². The average Bonchev–Trinajstić information content (AvgIpc) is 3.39. The molecule has 7 nitrogen and oxygen atoms in total. The number of hydrogen-bond donors (Lipinski definition) is 1. The summed E-state index contributed by atoms with van der Waals surface area (Å²) >= 11 is 6.48. The van der Waals surface area contributed by atoms with Crippen LogP contribution in [-0.2, 0) is 11.2 Å². The van der Waals surface area contributed by atoms with Crippen molar-refractivity contribution in [2.24, 2.45) is 5.92 Å². The molecule has 0 spiro atoms. The van der Waals surface area contributed by atoms with E-state index in [1.807, 2.05) is 25.3 Å². The molecule has 0 atom stereocenters. The Balaban J connectivity index is 1.50. The number of nitrogens with zero attached hydrogens (tertiary/aromatic N) is 4. The molecule has 2 aromatic heterocycles. The summed E-state index contributed by atoms with van der Waals surface area (Å²) in [4.78, 5) is 13.4. The number of likely N-dealkylation sites (N-methyl/N-ethyl adjacent to an activating group) is 1. The standard InChI is InChI=1S/C20H20ClN5O2/c1-11-5-13(9-26-18(6-12-3-4-12)23-24-20(11)26)22-15-8-17-16(7-14(15)21)25(2)19(27)10-28-17/h5,7-9,12,22H,3-4,6,10H2,1-2H3. The molecule has 0 saturated heterocycles. The molecule has 5 rings (SSSR count). The van der Waals surface area contributed by atoms with E-state index in [0.29, 0.717) is 16.5 Å². The van der Waals surface area contributed by atoms with Crippen LogP contribution >= 0.6 is 11.6 Å². The number of ether oxygens (including phenoxy) is 1. The van der Waals surface area contributed by atoms with E-state index in [1.54, 1.807) is 18.0 Å². The lowest BCUT2D eigenvalue weighted by Crippen LogP contribution is -2.35. The van der Waals surface area contributed by atoms with Gasteiger partial charge in [-0.05, 0) is 43.4 Å². The summed E-state index contributed by atoms with van der Waals surface area (Å²) < 4.78 is 7.64. The minimum atomic E-state index is -0.0962. The molecule has 1 saturated carbocycles. The van der Waals surface area contributed by atoms with Gasteiger partial charge in [0.05, 0.1) is 22.1 Å². The lowest BCUT2D eigenvalue weighted by Gasteiger charge is -2.27. The van der Waals surface area contributed by atoms with Crippen molar-refractivity contribution in [2.45, 2.75) is 26.2 Å². The predicted octanol–water partition coefficient (Wildman–Crippen LogP) is 3.74. The van der Waals surface area contributed by atoms with Crippen LogP contribution < -0.4 is 15.0 Å². The number of hydrogen-bond acceptors (Lipinski definition) is 5. The molecular weight excluding hydrogens is 378 g/mol. The first-order valence-corrected chi connectivity index (χ1v) is 9.71. The number of amides is 1. The van der Waals surface area contributed by atoms with Crippen LogP contribution in [0.1, 0.15) is 24.2 Å². The average molecular weight is 398 g/mol. The highest BCUT2D eigenvalue weighted by molar-refractivity contribution is 6.34. The molecule has 0 radical (unpaired) electrons. The van der Waals surface area contributed by atoms with Gasteiger partial charge in [0.25, 0.3) is 5.91 Å². The minimum Gasteiger partial charge on any atom is -0.481 e. The molecule has 144 valence electrons. The van der Waals surface area contributed by atoms with Gasteiger partial charge in [0.2, 0.25) is 0 Å². The van der Waals surface area contributed by atoms with Gasteiger partial charge in [-0.3, -0.25) is 9.20 Å². The topological polar surface area (TPSA) is 71.8 Å². The Morgan fingerprint density at radius 1 is 1.29 bits per heavy atom. The maximum Gasteiger partial charge on any atom is 0.264 e. The number of benzene rings is 1. The summed E-state index contributed by atoms with van der Waals surface area (Å²) in [5.41, 5.74) is 4.20. The fourth-order valence-electron chi connectivity index (χ4n) is 3.53. The third-order valence-corrected chi connectivity index (χ3v) is 5.65. The molecule has 28 heavy (non-hydrogen) atoms. The molecule has 1 fully saturated rings. The van der Waals surface area contributed by atoms with Crippen LogP contribution in [-0.4, -0.2) is 34.2 Å². The van der Waals surface area contributed by atoms with E-state index in [9.17, 15) is 4.79 Å². The number of anilines is 3. The molecule has 1 aromatic carbocycles. The summed E-state index contributed by atoms with van der Waals surface area (Å²) in [6.07, 6.45) is 5.51. The second kappa shape index (κ2) is 6.38. The monoisotopic (exact) mass is 397 g/mol. The van der Waals surface area contributed by atoms with Gasteiger partial charge in [-0.25, -0.2) is 0 Å². The Labute approximate surface area is 167 Å². The molecule has 0 unspecified atom stereocenters. The summed E-state index contributed by atoms with van der Waals surface area (Å²) in [5, 5.41) is 12.6. The number of carbonyl (C=O) groups is 1. The van der Waals surface area contributed by atoms with Crippen LogP contribution in [0.25, 0.3) is 5.65 Å². The largest absolute Gasteiger partial charge is 0.481 e. The van der Waals surface area contributed by atoms with Gasteiger partial charge in [0.1, 0.15) is 11.6 Å². The van der Waals surface area contributed by atoms with E-state index < -0.39 is 0 Å². The summed E-state index contributed by atoms with van der Waals surface area (Å²) in [5.74, 6) is 2.26. The summed E-state index contributed by atoms with van der Waals surface area (Å²) in [6.45, 7) is 2.05. The number of rotatable bonds is 4. The van der Waals surface area contributed by atoms with E-state index in [0.717, 1.165) is 40.7 Å². The second-order valence-electron chi connectivity index (χ2n) is 7.54. The van der Waals surface area contributed by atoms with Crippen molar-refractivity contribution in [1.82, 2.24) is 14.6 Å². The smallest absolute Gasteiger partial charge is 0.264 e. The highest BCUT2D eigenvalue weighted by atomic mass is 35.5. The lowest BCUT2D eigenvalue weighted by atomic mass is 10.2. The highest BCUT2D eigenvalue weighted by Crippen LogP contribution is 2.40. The number of nitrogens with one attached hydrogen (secondary N) is 1. The highest BCUT2D eigenvalue weighted by Gasteiger charge is 2.25. The summed E-state index contributed by atoms with van der Waals surface area (Å²) in [7, 11) is 1.72. The van der Waals surface area contributed by atoms with Gasteiger partial charge < -0.3 is 15.0 Å². The number of carbonyl (C=O) groups excluding carboxylic acids is 1. The first-order valence-electron chi connectivity index (χ1n) is 9.34. The van der Waals surface area contributed by atoms with E-state index in [4.69, 9.17) is 16.3 Å². The molecule has 8 heteroatoms. The predicted molar refractivity (Wildman–Crippen MR) is 108 cm³/mol. The van der Waals surface area contributed by atoms with E-state index >= 15 is 0 Å². The molecule has 3 aromatic rings. The Bertz CT molecular complexity index is 1110. The van der Waals surface area contributed by atoms with Crippen LogP contribution in [0, 0.1) is 12.8 Å². The maximum atomic E-state index is 11.8. The van der Waals surface area contributed by atoms with Crippen molar-refractivity contribution in [1.29, 1.82) is 0 Å². The minimum absolute atomic E-state index is 0.0286. The molecule has 1 N–H and O–H groups in total. The van der Waals surface area contributed by atoms with Crippen LogP contribution in [0.15, 0.2) is 24.4 Å². The Morgan fingerprint density at radius 2 is 2.11 bits per heavy atom. The molecular formula is C20H20ClN5O2. The SMILES string of the molecule is Cc1cc(Nc2cc3c(cc2Cl)N(C)C(=O)CO3)cn2c(CC3CC3)nnc12. The van der Waals surface area contributed by atoms with Crippen molar-refractivity contribution < 1.29 is 9.53 Å². The Hall–Kier alpha value is -2.80. The van der Waals surface area contributed by atoms with Gasteiger partial charge in [0, 0.05) is 25.7 Å². The van der Waals surface area contributed by atoms with Crippen molar-refractivity contribution in [3.63, 3.8) is 0 Å². The zero-order valence-corrected chi connectivity index (χ0v) is 16.5. The first kappa shape index (κ1) is 17.3. The van der Waals surface area contributed by atoms with Crippen LogP contribution in [0.3, 0.4) is 0 Å². The van der Waals surface area contributed by atoms with E-state index in [2.05, 4.69) is 19.9 Å². The lowest BCUT2D eigenvalue weighted by molar-refractivity contribution is -0.120. The quantitative estimate of drug-likeness (QED) is 0.726. The van der Waals surface area contributed by atoms with E-state index in [1.165, 1.54) is 12.8 Å². The molecule has 0 bridgehead atoms. The first-order chi connectivity index (χ1) is 13.5. The number of halogens is 1. The van der Waals surface area contributed by atoms with Gasteiger partial charge in [-0.2, -0.15) is 0 Å². The molecule has 1 aliphatic heterocycles. The normalized spacial score (nSPS) is 16.2. The number of aromatic nitrogens is 3. The molecule has 1 amide bonds. The Kier molecular flexibility index (Phi) is 3.94. The van der Waals surface area contributed by atoms with Gasteiger partial charge in [-0.15, -0.1) is 10.2 Å². The van der Waals surface area contributed by atoms with Crippen molar-refractivity contribution in [2.75, 3.05) is 23.9 Å².